The number of Topliss-reactive ketones (excluding diaryl/α,β-unsaturated/α-hetero) is 1. The van der Waals surface area contributed by atoms with Crippen LogP contribution in [0.1, 0.15) is 23.7 Å². The standard InChI is InChI=1S/C16H14F2O2/c1-2-15(16(19)11-6-4-3-5-7-11)20-14-9-12(17)8-13(18)10-14/h3-10,15H,2H2,1H3. The van der Waals surface area contributed by atoms with E-state index in [1.54, 1.807) is 37.3 Å². The maximum atomic E-state index is 13.1. The zero-order valence-corrected chi connectivity index (χ0v) is 11.0. The summed E-state index contributed by atoms with van der Waals surface area (Å²) in [6.07, 6.45) is -0.357. The molecule has 0 saturated carbocycles. The largest absolute Gasteiger partial charge is 0.482 e. The summed E-state index contributed by atoms with van der Waals surface area (Å²) in [7, 11) is 0. The number of halogens is 2. The van der Waals surface area contributed by atoms with Gasteiger partial charge in [-0.1, -0.05) is 37.3 Å². The fourth-order valence-electron chi connectivity index (χ4n) is 1.87. The molecule has 0 aromatic heterocycles. The minimum atomic E-state index is -0.765. The quantitative estimate of drug-likeness (QED) is 0.771. The molecule has 0 aliphatic carbocycles. The highest BCUT2D eigenvalue weighted by Crippen LogP contribution is 2.19. The van der Waals surface area contributed by atoms with Crippen molar-refractivity contribution in [3.8, 4) is 5.75 Å². The lowest BCUT2D eigenvalue weighted by Gasteiger charge is -2.16. The number of benzene rings is 2. The van der Waals surface area contributed by atoms with E-state index in [0.717, 1.165) is 18.2 Å². The smallest absolute Gasteiger partial charge is 0.203 e. The molecule has 0 amide bonds. The molecular formula is C16H14F2O2. The molecule has 0 spiro atoms. The van der Waals surface area contributed by atoms with Crippen LogP contribution in [0.2, 0.25) is 0 Å². The van der Waals surface area contributed by atoms with Gasteiger partial charge in [0.1, 0.15) is 17.4 Å². The zero-order chi connectivity index (χ0) is 14.5. The van der Waals surface area contributed by atoms with Gasteiger partial charge in [0.2, 0.25) is 5.78 Å². The molecule has 104 valence electrons. The van der Waals surface area contributed by atoms with Gasteiger partial charge in [0, 0.05) is 23.8 Å². The van der Waals surface area contributed by atoms with Crippen molar-refractivity contribution in [1.29, 1.82) is 0 Å². The van der Waals surface area contributed by atoms with Gasteiger partial charge in [-0.05, 0) is 6.42 Å². The maximum absolute atomic E-state index is 13.1. The Kier molecular flexibility index (Phi) is 4.45. The van der Waals surface area contributed by atoms with Crippen LogP contribution in [-0.2, 0) is 0 Å². The predicted octanol–water partition coefficient (Wildman–Crippen LogP) is 4.01. The minimum Gasteiger partial charge on any atom is -0.482 e. The van der Waals surface area contributed by atoms with E-state index in [1.165, 1.54) is 0 Å². The van der Waals surface area contributed by atoms with Gasteiger partial charge in [-0.2, -0.15) is 0 Å². The molecule has 20 heavy (non-hydrogen) atoms. The first-order valence-corrected chi connectivity index (χ1v) is 6.32. The average Bonchev–Trinajstić information content (AvgIpc) is 2.44. The molecule has 0 bridgehead atoms. The van der Waals surface area contributed by atoms with E-state index in [2.05, 4.69) is 0 Å². The first-order valence-electron chi connectivity index (χ1n) is 6.32. The molecule has 0 fully saturated rings. The Morgan fingerprint density at radius 2 is 1.70 bits per heavy atom. The molecule has 0 aliphatic rings. The Morgan fingerprint density at radius 1 is 1.10 bits per heavy atom. The highest BCUT2D eigenvalue weighted by molar-refractivity contribution is 5.99. The monoisotopic (exact) mass is 276 g/mol. The minimum absolute atomic E-state index is 0.0126. The number of rotatable bonds is 5. The van der Waals surface area contributed by atoms with E-state index < -0.39 is 17.7 Å². The molecule has 0 saturated heterocycles. The van der Waals surface area contributed by atoms with Crippen molar-refractivity contribution >= 4 is 5.78 Å². The Morgan fingerprint density at radius 3 is 2.25 bits per heavy atom. The van der Waals surface area contributed by atoms with Gasteiger partial charge in [-0.3, -0.25) is 4.79 Å². The third kappa shape index (κ3) is 3.41. The van der Waals surface area contributed by atoms with Gasteiger partial charge in [-0.15, -0.1) is 0 Å². The van der Waals surface area contributed by atoms with Crippen LogP contribution in [0.3, 0.4) is 0 Å². The van der Waals surface area contributed by atoms with E-state index in [0.29, 0.717) is 12.0 Å². The van der Waals surface area contributed by atoms with E-state index in [1.807, 2.05) is 0 Å². The molecule has 1 unspecified atom stereocenters. The van der Waals surface area contributed by atoms with Gasteiger partial charge >= 0.3 is 0 Å². The van der Waals surface area contributed by atoms with Crippen molar-refractivity contribution in [2.45, 2.75) is 19.4 Å². The summed E-state index contributed by atoms with van der Waals surface area (Å²) >= 11 is 0. The molecule has 0 heterocycles. The lowest BCUT2D eigenvalue weighted by atomic mass is 10.0. The van der Waals surface area contributed by atoms with E-state index in [9.17, 15) is 13.6 Å². The summed E-state index contributed by atoms with van der Waals surface area (Å²) in [5.74, 6) is -1.67. The Balaban J connectivity index is 2.18. The number of ketones is 1. The number of ether oxygens (including phenoxy) is 1. The summed E-state index contributed by atoms with van der Waals surface area (Å²) in [6.45, 7) is 1.78. The normalized spacial score (nSPS) is 11.9. The number of hydrogen-bond donors (Lipinski definition) is 0. The van der Waals surface area contributed by atoms with E-state index in [-0.39, 0.29) is 11.5 Å². The van der Waals surface area contributed by atoms with Crippen LogP contribution < -0.4 is 4.74 Å². The van der Waals surface area contributed by atoms with Crippen LogP contribution in [0.25, 0.3) is 0 Å². The second-order valence-corrected chi connectivity index (χ2v) is 4.35. The molecule has 1 atom stereocenters. The van der Waals surface area contributed by atoms with Gasteiger partial charge < -0.3 is 4.74 Å². The van der Waals surface area contributed by atoms with Crippen molar-refractivity contribution in [2.24, 2.45) is 0 Å². The van der Waals surface area contributed by atoms with Crippen molar-refractivity contribution < 1.29 is 18.3 Å². The number of hydrogen-bond acceptors (Lipinski definition) is 2. The summed E-state index contributed by atoms with van der Waals surface area (Å²) in [6, 6.07) is 11.5. The Bertz CT molecular complexity index is 576. The average molecular weight is 276 g/mol. The lowest BCUT2D eigenvalue weighted by Crippen LogP contribution is -2.26. The molecule has 2 aromatic rings. The van der Waals surface area contributed by atoms with Crippen LogP contribution in [-0.4, -0.2) is 11.9 Å². The van der Waals surface area contributed by atoms with Crippen LogP contribution in [0.4, 0.5) is 8.78 Å². The Labute approximate surface area is 116 Å². The van der Waals surface area contributed by atoms with Gasteiger partial charge in [0.05, 0.1) is 0 Å². The summed E-state index contributed by atoms with van der Waals surface area (Å²) < 4.78 is 31.6. The first-order chi connectivity index (χ1) is 9.60. The fourth-order valence-corrected chi connectivity index (χ4v) is 1.87. The summed E-state index contributed by atoms with van der Waals surface area (Å²) in [4.78, 5) is 12.2. The number of carbonyl (C=O) groups excluding carboxylic acids is 1. The second kappa shape index (κ2) is 6.28. The second-order valence-electron chi connectivity index (χ2n) is 4.35. The highest BCUT2D eigenvalue weighted by Gasteiger charge is 2.20. The first kappa shape index (κ1) is 14.2. The van der Waals surface area contributed by atoms with Gasteiger partial charge in [-0.25, -0.2) is 8.78 Å². The molecule has 0 aliphatic heterocycles. The third-order valence-corrected chi connectivity index (χ3v) is 2.84. The Hall–Kier alpha value is -2.23. The molecule has 2 nitrogen and oxygen atoms in total. The van der Waals surface area contributed by atoms with Crippen LogP contribution in [0.5, 0.6) is 5.75 Å². The van der Waals surface area contributed by atoms with E-state index >= 15 is 0 Å². The van der Waals surface area contributed by atoms with Crippen molar-refractivity contribution in [3.63, 3.8) is 0 Å². The van der Waals surface area contributed by atoms with E-state index in [4.69, 9.17) is 4.74 Å². The summed E-state index contributed by atoms with van der Waals surface area (Å²) in [5, 5.41) is 0. The highest BCUT2D eigenvalue weighted by atomic mass is 19.1. The van der Waals surface area contributed by atoms with Crippen molar-refractivity contribution in [2.75, 3.05) is 0 Å². The fraction of sp³-hybridized carbons (Fsp3) is 0.188. The van der Waals surface area contributed by atoms with Crippen LogP contribution >= 0.6 is 0 Å². The SMILES string of the molecule is CCC(Oc1cc(F)cc(F)c1)C(=O)c1ccccc1. The number of carbonyl (C=O) groups is 1. The lowest BCUT2D eigenvalue weighted by molar-refractivity contribution is 0.0785. The topological polar surface area (TPSA) is 26.3 Å². The van der Waals surface area contributed by atoms with Gasteiger partial charge in [0.25, 0.3) is 0 Å². The molecule has 2 rings (SSSR count). The van der Waals surface area contributed by atoms with Crippen molar-refractivity contribution in [1.82, 2.24) is 0 Å². The molecule has 0 radical (unpaired) electrons. The van der Waals surface area contributed by atoms with Crippen molar-refractivity contribution in [3.05, 3.63) is 65.7 Å². The zero-order valence-electron chi connectivity index (χ0n) is 11.0. The summed E-state index contributed by atoms with van der Waals surface area (Å²) in [5.41, 5.74) is 0.510. The van der Waals surface area contributed by atoms with Crippen LogP contribution in [0, 0.1) is 11.6 Å². The van der Waals surface area contributed by atoms with Crippen LogP contribution in [0.15, 0.2) is 48.5 Å². The molecule has 0 N–H and O–H groups in total. The third-order valence-electron chi connectivity index (χ3n) is 2.84. The molecule has 2 aromatic carbocycles. The molecule has 4 heteroatoms. The maximum Gasteiger partial charge on any atom is 0.203 e. The predicted molar refractivity (Wildman–Crippen MR) is 71.8 cm³/mol. The van der Waals surface area contributed by atoms with Gasteiger partial charge in [0.15, 0.2) is 6.10 Å². The molecular weight excluding hydrogens is 262 g/mol.